The van der Waals surface area contributed by atoms with E-state index >= 15 is 0 Å². The lowest BCUT2D eigenvalue weighted by atomic mass is 10.2. The van der Waals surface area contributed by atoms with Crippen LogP contribution in [0.1, 0.15) is 17.3 Å². The Balaban J connectivity index is 2.12. The van der Waals surface area contributed by atoms with Crippen molar-refractivity contribution < 1.29 is 14.6 Å². The molecule has 0 bridgehead atoms. The van der Waals surface area contributed by atoms with E-state index in [1.165, 1.54) is 18.3 Å². The first-order chi connectivity index (χ1) is 9.19. The van der Waals surface area contributed by atoms with Gasteiger partial charge in [0.05, 0.1) is 12.2 Å². The fourth-order valence-electron chi connectivity index (χ4n) is 1.58. The number of aromatic nitrogens is 1. The van der Waals surface area contributed by atoms with E-state index in [9.17, 15) is 4.79 Å². The molecule has 1 heterocycles. The fourth-order valence-corrected chi connectivity index (χ4v) is 1.58. The van der Waals surface area contributed by atoms with Crippen LogP contribution in [0.5, 0.6) is 5.75 Å². The minimum atomic E-state index is -0.975. The lowest BCUT2D eigenvalue weighted by Crippen LogP contribution is -2.00. The van der Waals surface area contributed by atoms with E-state index < -0.39 is 5.97 Å². The Hall–Kier alpha value is -2.56. The molecule has 0 saturated heterocycles. The number of carboxylic acid groups (broad SMARTS) is 1. The van der Waals surface area contributed by atoms with E-state index in [-0.39, 0.29) is 5.56 Å². The molecule has 0 saturated carbocycles. The lowest BCUT2D eigenvalue weighted by Gasteiger charge is -2.07. The van der Waals surface area contributed by atoms with Crippen LogP contribution in [0.25, 0.3) is 0 Å². The Morgan fingerprint density at radius 2 is 2.05 bits per heavy atom. The number of hydrogen-bond acceptors (Lipinski definition) is 4. The largest absolute Gasteiger partial charge is 0.494 e. The number of aromatic carboxylic acids is 1. The quantitative estimate of drug-likeness (QED) is 0.862. The van der Waals surface area contributed by atoms with Gasteiger partial charge in [-0.1, -0.05) is 0 Å². The van der Waals surface area contributed by atoms with Crippen LogP contribution in [0.3, 0.4) is 0 Å². The average molecular weight is 258 g/mol. The van der Waals surface area contributed by atoms with Crippen molar-refractivity contribution in [3.8, 4) is 5.75 Å². The third-order valence-corrected chi connectivity index (χ3v) is 2.44. The number of carbonyl (C=O) groups is 1. The highest BCUT2D eigenvalue weighted by molar-refractivity contribution is 5.88. The Morgan fingerprint density at radius 1 is 1.32 bits per heavy atom. The standard InChI is InChI=1S/C14H14N2O3/c1-2-19-12-5-3-11(4-6-12)16-13-9-10(14(17)18)7-8-15-13/h3-9H,2H2,1H3,(H,15,16)(H,17,18). The molecule has 5 heteroatoms. The number of pyridine rings is 1. The van der Waals surface area contributed by atoms with Gasteiger partial charge in [0.25, 0.3) is 0 Å². The van der Waals surface area contributed by atoms with Gasteiger partial charge in [0, 0.05) is 11.9 Å². The molecule has 5 nitrogen and oxygen atoms in total. The first-order valence-corrected chi connectivity index (χ1v) is 5.88. The lowest BCUT2D eigenvalue weighted by molar-refractivity contribution is 0.0697. The van der Waals surface area contributed by atoms with Crippen molar-refractivity contribution in [1.29, 1.82) is 0 Å². The van der Waals surface area contributed by atoms with Gasteiger partial charge in [-0.2, -0.15) is 0 Å². The first kappa shape index (κ1) is 12.9. The van der Waals surface area contributed by atoms with Gasteiger partial charge in [-0.25, -0.2) is 9.78 Å². The molecule has 0 aliphatic heterocycles. The summed E-state index contributed by atoms with van der Waals surface area (Å²) in [7, 11) is 0. The number of benzene rings is 1. The molecule has 0 fully saturated rings. The van der Waals surface area contributed by atoms with E-state index in [1.807, 2.05) is 31.2 Å². The van der Waals surface area contributed by atoms with Crippen LogP contribution in [0.15, 0.2) is 42.6 Å². The summed E-state index contributed by atoms with van der Waals surface area (Å²) in [5, 5.41) is 11.9. The Labute approximate surface area is 110 Å². The van der Waals surface area contributed by atoms with Crippen molar-refractivity contribution in [2.75, 3.05) is 11.9 Å². The third-order valence-electron chi connectivity index (χ3n) is 2.44. The molecule has 0 atom stereocenters. The molecular formula is C14H14N2O3. The second kappa shape index (κ2) is 5.86. The molecule has 2 rings (SSSR count). The van der Waals surface area contributed by atoms with E-state index in [0.717, 1.165) is 11.4 Å². The number of ether oxygens (including phenoxy) is 1. The van der Waals surface area contributed by atoms with Crippen molar-refractivity contribution in [3.05, 3.63) is 48.2 Å². The van der Waals surface area contributed by atoms with Crippen LogP contribution in [-0.4, -0.2) is 22.7 Å². The van der Waals surface area contributed by atoms with Crippen LogP contribution < -0.4 is 10.1 Å². The van der Waals surface area contributed by atoms with Crippen molar-refractivity contribution in [2.24, 2.45) is 0 Å². The maximum Gasteiger partial charge on any atom is 0.335 e. The molecule has 1 aromatic heterocycles. The van der Waals surface area contributed by atoms with E-state index in [0.29, 0.717) is 12.4 Å². The summed E-state index contributed by atoms with van der Waals surface area (Å²) in [4.78, 5) is 14.9. The summed E-state index contributed by atoms with van der Waals surface area (Å²) in [6, 6.07) is 10.3. The number of rotatable bonds is 5. The van der Waals surface area contributed by atoms with Crippen LogP contribution in [-0.2, 0) is 0 Å². The molecule has 2 N–H and O–H groups in total. The summed E-state index contributed by atoms with van der Waals surface area (Å²) < 4.78 is 5.34. The molecule has 0 radical (unpaired) electrons. The van der Waals surface area contributed by atoms with Crippen LogP contribution in [0.4, 0.5) is 11.5 Å². The Morgan fingerprint density at radius 3 is 2.68 bits per heavy atom. The van der Waals surface area contributed by atoms with Crippen molar-refractivity contribution in [1.82, 2.24) is 4.98 Å². The zero-order chi connectivity index (χ0) is 13.7. The highest BCUT2D eigenvalue weighted by Gasteiger charge is 2.04. The molecule has 19 heavy (non-hydrogen) atoms. The number of nitrogens with one attached hydrogen (secondary N) is 1. The van der Waals surface area contributed by atoms with E-state index in [2.05, 4.69) is 10.3 Å². The van der Waals surface area contributed by atoms with Gasteiger partial charge in [-0.3, -0.25) is 0 Å². The van der Waals surface area contributed by atoms with Gasteiger partial charge in [0.2, 0.25) is 0 Å². The SMILES string of the molecule is CCOc1ccc(Nc2cc(C(=O)O)ccn2)cc1. The minimum absolute atomic E-state index is 0.198. The molecule has 0 aliphatic carbocycles. The number of carboxylic acids is 1. The summed E-state index contributed by atoms with van der Waals surface area (Å²) in [5.74, 6) is 0.307. The van der Waals surface area contributed by atoms with Gasteiger partial charge < -0.3 is 15.2 Å². The average Bonchev–Trinajstić information content (AvgIpc) is 2.42. The van der Waals surface area contributed by atoms with Crippen LogP contribution >= 0.6 is 0 Å². The van der Waals surface area contributed by atoms with Gasteiger partial charge in [0.15, 0.2) is 0 Å². The van der Waals surface area contributed by atoms with Gasteiger partial charge in [0.1, 0.15) is 11.6 Å². The smallest absolute Gasteiger partial charge is 0.335 e. The fraction of sp³-hybridized carbons (Fsp3) is 0.143. The highest BCUT2D eigenvalue weighted by Crippen LogP contribution is 2.19. The zero-order valence-electron chi connectivity index (χ0n) is 10.5. The van der Waals surface area contributed by atoms with E-state index in [4.69, 9.17) is 9.84 Å². The van der Waals surface area contributed by atoms with Crippen LogP contribution in [0.2, 0.25) is 0 Å². The molecule has 0 unspecified atom stereocenters. The maximum atomic E-state index is 10.9. The van der Waals surface area contributed by atoms with Gasteiger partial charge in [-0.05, 0) is 43.3 Å². The first-order valence-electron chi connectivity index (χ1n) is 5.88. The summed E-state index contributed by atoms with van der Waals surface area (Å²) in [5.41, 5.74) is 1.02. The maximum absolute atomic E-state index is 10.9. The second-order valence-electron chi connectivity index (χ2n) is 3.82. The second-order valence-corrected chi connectivity index (χ2v) is 3.82. The number of nitrogens with zero attached hydrogens (tertiary/aromatic N) is 1. The van der Waals surface area contributed by atoms with Crippen molar-refractivity contribution >= 4 is 17.5 Å². The Kier molecular flexibility index (Phi) is 3.97. The summed E-state index contributed by atoms with van der Waals surface area (Å²) >= 11 is 0. The van der Waals surface area contributed by atoms with E-state index in [1.54, 1.807) is 0 Å². The molecular weight excluding hydrogens is 244 g/mol. The summed E-state index contributed by atoms with van der Waals surface area (Å²) in [6.45, 7) is 2.54. The highest BCUT2D eigenvalue weighted by atomic mass is 16.5. The normalized spacial score (nSPS) is 9.95. The number of anilines is 2. The number of hydrogen-bond donors (Lipinski definition) is 2. The van der Waals surface area contributed by atoms with Crippen molar-refractivity contribution in [2.45, 2.75) is 6.92 Å². The topological polar surface area (TPSA) is 71.5 Å². The monoisotopic (exact) mass is 258 g/mol. The summed E-state index contributed by atoms with van der Waals surface area (Å²) in [6.07, 6.45) is 1.46. The minimum Gasteiger partial charge on any atom is -0.494 e. The molecule has 2 aromatic rings. The third kappa shape index (κ3) is 3.45. The Bertz CT molecular complexity index is 567. The zero-order valence-corrected chi connectivity index (χ0v) is 10.5. The van der Waals surface area contributed by atoms with Crippen LogP contribution in [0, 0.1) is 0 Å². The van der Waals surface area contributed by atoms with Gasteiger partial charge in [-0.15, -0.1) is 0 Å². The molecule has 0 spiro atoms. The molecule has 98 valence electrons. The molecule has 0 amide bonds. The predicted molar refractivity (Wildman–Crippen MR) is 72.1 cm³/mol. The molecule has 0 aliphatic rings. The molecule has 1 aromatic carbocycles. The predicted octanol–water partition coefficient (Wildman–Crippen LogP) is 2.92. The van der Waals surface area contributed by atoms with Crippen molar-refractivity contribution in [3.63, 3.8) is 0 Å². The van der Waals surface area contributed by atoms with Gasteiger partial charge >= 0.3 is 5.97 Å².